The van der Waals surface area contributed by atoms with Gasteiger partial charge in [0.15, 0.2) is 0 Å². The lowest BCUT2D eigenvalue weighted by molar-refractivity contribution is 1.72. The van der Waals surface area contributed by atoms with Crippen LogP contribution >= 0.6 is 0 Å². The second-order valence-corrected chi connectivity index (χ2v) is 4.21. The second kappa shape index (κ2) is 4.06. The highest BCUT2D eigenvalue weighted by Gasteiger charge is 1.97. The van der Waals surface area contributed by atoms with Crippen LogP contribution in [0.2, 0.25) is 0 Å². The van der Waals surface area contributed by atoms with Gasteiger partial charge in [0.05, 0.1) is 0 Å². The summed E-state index contributed by atoms with van der Waals surface area (Å²) in [5.41, 5.74) is 1.20. The number of allylic oxidation sites excluding steroid dienone is 1. The first-order valence-corrected chi connectivity index (χ1v) is 5.75. The van der Waals surface area contributed by atoms with Crippen molar-refractivity contribution in [2.75, 3.05) is 0 Å². The summed E-state index contributed by atoms with van der Waals surface area (Å²) >= 11 is 0. The molecule has 0 N–H and O–H groups in total. The van der Waals surface area contributed by atoms with E-state index in [1.165, 1.54) is 27.1 Å². The van der Waals surface area contributed by atoms with E-state index in [0.717, 1.165) is 0 Å². The van der Waals surface area contributed by atoms with Crippen LogP contribution in [-0.4, -0.2) is 0 Å². The van der Waals surface area contributed by atoms with Gasteiger partial charge in [0.25, 0.3) is 0 Å². The van der Waals surface area contributed by atoms with Crippen LogP contribution in [0.3, 0.4) is 0 Å². The summed E-state index contributed by atoms with van der Waals surface area (Å²) in [5, 5.41) is 5.14. The maximum absolute atomic E-state index is 3.73. The van der Waals surface area contributed by atoms with Crippen LogP contribution in [0, 0.1) is 6.92 Å². The molecule has 3 aromatic rings. The lowest BCUT2D eigenvalue weighted by atomic mass is 10.0. The molecule has 3 rings (SSSR count). The predicted molar refractivity (Wildman–Crippen MR) is 75.8 cm³/mol. The van der Waals surface area contributed by atoms with Gasteiger partial charge in [-0.1, -0.05) is 48.6 Å². The summed E-state index contributed by atoms with van der Waals surface area (Å²) in [6.07, 6.45) is 3.84. The zero-order valence-corrected chi connectivity index (χ0v) is 9.56. The number of rotatable bonds is 1. The van der Waals surface area contributed by atoms with E-state index in [1.807, 2.05) is 12.2 Å². The van der Waals surface area contributed by atoms with Gasteiger partial charge in [-0.15, -0.1) is 0 Å². The van der Waals surface area contributed by atoms with E-state index < -0.39 is 0 Å². The topological polar surface area (TPSA) is 0 Å². The first kappa shape index (κ1) is 10.1. The van der Waals surface area contributed by atoms with Crippen LogP contribution in [0.25, 0.3) is 27.6 Å². The van der Waals surface area contributed by atoms with Gasteiger partial charge < -0.3 is 0 Å². The first-order valence-electron chi connectivity index (χ1n) is 5.75. The molecule has 3 aromatic carbocycles. The molecule has 0 nitrogen and oxygen atoms in total. The van der Waals surface area contributed by atoms with Crippen molar-refractivity contribution in [3.63, 3.8) is 0 Å². The molecule has 0 atom stereocenters. The van der Waals surface area contributed by atoms with E-state index in [2.05, 4.69) is 61.5 Å². The molecule has 0 unspecified atom stereocenters. The molecule has 0 aliphatic rings. The lowest BCUT2D eigenvalue weighted by Gasteiger charge is -2.03. The van der Waals surface area contributed by atoms with E-state index in [9.17, 15) is 0 Å². The molecule has 0 amide bonds. The Balaban J connectivity index is 2.32. The third kappa shape index (κ3) is 1.83. The van der Waals surface area contributed by atoms with Crippen LogP contribution in [0.1, 0.15) is 5.56 Å². The predicted octanol–water partition coefficient (Wildman–Crippen LogP) is 4.84. The number of benzene rings is 3. The second-order valence-electron chi connectivity index (χ2n) is 4.21. The smallest absolute Gasteiger partial charge is 0.0172 e. The van der Waals surface area contributed by atoms with Crippen LogP contribution in [-0.2, 0) is 0 Å². The maximum atomic E-state index is 3.73. The zero-order valence-electron chi connectivity index (χ0n) is 9.56. The molecule has 0 heteroatoms. The number of fused-ring (bicyclic) bond motifs is 2. The maximum Gasteiger partial charge on any atom is -0.0172 e. The van der Waals surface area contributed by atoms with Crippen molar-refractivity contribution in [2.24, 2.45) is 0 Å². The van der Waals surface area contributed by atoms with Crippen LogP contribution < -0.4 is 0 Å². The van der Waals surface area contributed by atoms with Gasteiger partial charge >= 0.3 is 0 Å². The summed E-state index contributed by atoms with van der Waals surface area (Å²) < 4.78 is 0. The number of hydrogen-bond acceptors (Lipinski definition) is 0. The van der Waals surface area contributed by atoms with Crippen molar-refractivity contribution in [1.29, 1.82) is 0 Å². The van der Waals surface area contributed by atoms with E-state index >= 15 is 0 Å². The summed E-state index contributed by atoms with van der Waals surface area (Å²) in [5.74, 6) is 0. The fraction of sp³-hybridized carbons (Fsp3) is 0. The molecule has 81 valence electrons. The van der Waals surface area contributed by atoms with Crippen molar-refractivity contribution in [3.8, 4) is 0 Å². The van der Waals surface area contributed by atoms with Crippen molar-refractivity contribution in [1.82, 2.24) is 0 Å². The standard InChI is InChI=1S/C17H13/c1-2-5-13-8-9-16-11-14-6-3-4-7-15(14)12-17(16)10-13/h2-12H,1H2. The molecule has 0 aliphatic carbocycles. The minimum absolute atomic E-state index is 1.20. The van der Waals surface area contributed by atoms with Crippen molar-refractivity contribution in [3.05, 3.63) is 73.2 Å². The highest BCUT2D eigenvalue weighted by Crippen LogP contribution is 2.24. The summed E-state index contributed by atoms with van der Waals surface area (Å²) in [4.78, 5) is 0. The molecule has 0 bridgehead atoms. The molecule has 0 aromatic heterocycles. The zero-order chi connectivity index (χ0) is 11.7. The van der Waals surface area contributed by atoms with Crippen molar-refractivity contribution < 1.29 is 0 Å². The highest BCUT2D eigenvalue weighted by atomic mass is 14.0. The minimum atomic E-state index is 1.20. The van der Waals surface area contributed by atoms with Gasteiger partial charge in [0.1, 0.15) is 0 Å². The highest BCUT2D eigenvalue weighted by molar-refractivity contribution is 5.98. The molecule has 0 heterocycles. The fourth-order valence-electron chi connectivity index (χ4n) is 2.20. The van der Waals surface area contributed by atoms with E-state index in [1.54, 1.807) is 0 Å². The Morgan fingerprint density at radius 3 is 2.06 bits per heavy atom. The summed E-state index contributed by atoms with van der Waals surface area (Å²) in [6.45, 7) is 3.73. The van der Waals surface area contributed by atoms with Gasteiger partial charge in [-0.2, -0.15) is 0 Å². The number of hydrogen-bond donors (Lipinski definition) is 0. The third-order valence-electron chi connectivity index (χ3n) is 3.04. The normalized spacial score (nSPS) is 11.6. The van der Waals surface area contributed by atoms with Crippen LogP contribution in [0.15, 0.2) is 60.7 Å². The molecular formula is C17H13. The Morgan fingerprint density at radius 2 is 1.35 bits per heavy atom. The van der Waals surface area contributed by atoms with Gasteiger partial charge in [0, 0.05) is 0 Å². The largest absolute Gasteiger partial charge is 0.0836 e. The van der Waals surface area contributed by atoms with Crippen molar-refractivity contribution >= 4 is 27.6 Å². The van der Waals surface area contributed by atoms with Crippen LogP contribution in [0.4, 0.5) is 0 Å². The Bertz CT molecular complexity index is 705. The molecule has 17 heavy (non-hydrogen) atoms. The molecule has 0 saturated carbocycles. The molecule has 0 fully saturated rings. The SMILES string of the molecule is [CH2]C=Cc1ccc2cc3ccccc3cc2c1. The Morgan fingerprint density at radius 1 is 0.706 bits per heavy atom. The third-order valence-corrected chi connectivity index (χ3v) is 3.04. The summed E-state index contributed by atoms with van der Waals surface area (Å²) in [6, 6.07) is 19.4. The molecule has 0 spiro atoms. The quantitative estimate of drug-likeness (QED) is 0.511. The van der Waals surface area contributed by atoms with Gasteiger partial charge in [0.2, 0.25) is 0 Å². The average Bonchev–Trinajstić information content (AvgIpc) is 2.36. The Kier molecular flexibility index (Phi) is 2.41. The van der Waals surface area contributed by atoms with E-state index in [4.69, 9.17) is 0 Å². The Hall–Kier alpha value is -2.08. The molecular weight excluding hydrogens is 204 g/mol. The van der Waals surface area contributed by atoms with E-state index in [0.29, 0.717) is 0 Å². The Labute approximate surface area is 101 Å². The lowest BCUT2D eigenvalue weighted by Crippen LogP contribution is -1.78. The van der Waals surface area contributed by atoms with Gasteiger partial charge in [-0.25, -0.2) is 0 Å². The molecule has 0 aliphatic heterocycles. The summed E-state index contributed by atoms with van der Waals surface area (Å²) in [7, 11) is 0. The van der Waals surface area contributed by atoms with Crippen LogP contribution in [0.5, 0.6) is 0 Å². The van der Waals surface area contributed by atoms with E-state index in [-0.39, 0.29) is 0 Å². The van der Waals surface area contributed by atoms with Gasteiger partial charge in [-0.3, -0.25) is 0 Å². The fourth-order valence-corrected chi connectivity index (χ4v) is 2.20. The van der Waals surface area contributed by atoms with Gasteiger partial charge in [-0.05, 0) is 52.2 Å². The monoisotopic (exact) mass is 217 g/mol. The van der Waals surface area contributed by atoms with Crippen molar-refractivity contribution in [2.45, 2.75) is 0 Å². The first-order chi connectivity index (χ1) is 8.36. The average molecular weight is 217 g/mol. The molecule has 0 saturated heterocycles. The minimum Gasteiger partial charge on any atom is -0.0836 e. The molecule has 1 radical (unpaired) electrons.